The number of morpholine rings is 1. The number of nitrogens with zero attached hydrogens (tertiary/aromatic N) is 2. The van der Waals surface area contributed by atoms with Gasteiger partial charge in [-0.15, -0.1) is 0 Å². The summed E-state index contributed by atoms with van der Waals surface area (Å²) in [7, 11) is -3.56. The molecule has 2 fully saturated rings. The van der Waals surface area contributed by atoms with E-state index in [1.54, 1.807) is 0 Å². The largest absolute Gasteiger partial charge is 0.395 e. The van der Waals surface area contributed by atoms with E-state index in [4.69, 9.17) is 4.74 Å². The van der Waals surface area contributed by atoms with Crippen molar-refractivity contribution < 1.29 is 18.3 Å². The molecule has 2 N–H and O–H groups in total. The Morgan fingerprint density at radius 1 is 1.19 bits per heavy atom. The second-order valence-corrected chi connectivity index (χ2v) is 9.37. The highest BCUT2D eigenvalue weighted by Gasteiger charge is 2.31. The lowest BCUT2D eigenvalue weighted by Crippen LogP contribution is -2.51. The van der Waals surface area contributed by atoms with Crippen LogP contribution < -0.4 is 4.72 Å². The predicted molar refractivity (Wildman–Crippen MR) is 104 cm³/mol. The highest BCUT2D eigenvalue weighted by molar-refractivity contribution is 7.87. The Hall–Kier alpha value is -1.03. The summed E-state index contributed by atoms with van der Waals surface area (Å²) in [6.07, 6.45) is 1.89. The maximum absolute atomic E-state index is 12.7. The molecule has 0 spiro atoms. The summed E-state index contributed by atoms with van der Waals surface area (Å²) in [4.78, 5) is 2.28. The van der Waals surface area contributed by atoms with Gasteiger partial charge in [0.2, 0.25) is 0 Å². The smallest absolute Gasteiger partial charge is 0.279 e. The lowest BCUT2D eigenvalue weighted by molar-refractivity contribution is -0.0444. The Bertz CT molecular complexity index is 717. The molecule has 3 atom stereocenters. The van der Waals surface area contributed by atoms with Crippen LogP contribution in [0.5, 0.6) is 0 Å². The van der Waals surface area contributed by atoms with Crippen LogP contribution in [0.1, 0.15) is 37.8 Å². The molecule has 1 aromatic rings. The Morgan fingerprint density at radius 3 is 2.52 bits per heavy atom. The van der Waals surface area contributed by atoms with E-state index >= 15 is 0 Å². The number of ether oxygens (including phenoxy) is 1. The van der Waals surface area contributed by atoms with E-state index < -0.39 is 10.2 Å². The number of likely N-dealkylation sites (tertiary alicyclic amines) is 1. The Morgan fingerprint density at radius 2 is 1.85 bits per heavy atom. The zero-order valence-electron chi connectivity index (χ0n) is 16.2. The summed E-state index contributed by atoms with van der Waals surface area (Å²) >= 11 is 0. The average Bonchev–Trinajstić information content (AvgIpc) is 3.07. The van der Waals surface area contributed by atoms with Gasteiger partial charge in [0.05, 0.1) is 18.8 Å². The fourth-order valence-electron chi connectivity index (χ4n) is 4.00. The molecule has 0 radical (unpaired) electrons. The van der Waals surface area contributed by atoms with Gasteiger partial charge in [-0.1, -0.05) is 24.3 Å². The van der Waals surface area contributed by atoms with Gasteiger partial charge >= 0.3 is 0 Å². The third kappa shape index (κ3) is 5.28. The minimum absolute atomic E-state index is 0.108. The fraction of sp³-hybridized carbons (Fsp3) is 0.684. The van der Waals surface area contributed by atoms with Crippen LogP contribution in [0.2, 0.25) is 0 Å². The molecule has 2 saturated heterocycles. The zero-order chi connectivity index (χ0) is 19.4. The molecule has 0 amide bonds. The Labute approximate surface area is 162 Å². The molecule has 8 heteroatoms. The highest BCUT2D eigenvalue weighted by atomic mass is 32.2. The Kier molecular flexibility index (Phi) is 6.88. The number of rotatable bonds is 7. The van der Waals surface area contributed by atoms with Crippen LogP contribution in [0.15, 0.2) is 24.3 Å². The second-order valence-electron chi connectivity index (χ2n) is 7.62. The van der Waals surface area contributed by atoms with Crippen molar-refractivity contribution in [2.45, 2.75) is 58.0 Å². The molecule has 2 aliphatic rings. The average molecular weight is 398 g/mol. The molecule has 27 heavy (non-hydrogen) atoms. The first kappa shape index (κ1) is 20.7. The van der Waals surface area contributed by atoms with Crippen molar-refractivity contribution >= 4 is 10.2 Å². The molecular weight excluding hydrogens is 366 g/mol. The van der Waals surface area contributed by atoms with Crippen LogP contribution in [-0.2, 0) is 28.0 Å². The summed E-state index contributed by atoms with van der Waals surface area (Å²) in [5.41, 5.74) is 2.07. The fourth-order valence-corrected chi connectivity index (χ4v) is 5.33. The van der Waals surface area contributed by atoms with E-state index in [0.29, 0.717) is 13.1 Å². The lowest BCUT2D eigenvalue weighted by atomic mass is 10.1. The zero-order valence-corrected chi connectivity index (χ0v) is 17.0. The third-order valence-electron chi connectivity index (χ3n) is 5.37. The number of nitrogens with one attached hydrogen (secondary N) is 1. The van der Waals surface area contributed by atoms with E-state index in [2.05, 4.69) is 9.62 Å². The molecule has 152 valence electrons. The maximum Gasteiger partial charge on any atom is 0.279 e. The van der Waals surface area contributed by atoms with Gasteiger partial charge in [-0.05, 0) is 44.4 Å². The minimum Gasteiger partial charge on any atom is -0.395 e. The summed E-state index contributed by atoms with van der Waals surface area (Å²) < 4.78 is 35.3. The summed E-state index contributed by atoms with van der Waals surface area (Å²) in [5, 5.41) is 9.53. The quantitative estimate of drug-likeness (QED) is 0.720. The van der Waals surface area contributed by atoms with Crippen LogP contribution in [0, 0.1) is 0 Å². The molecule has 0 saturated carbocycles. The normalized spacial score (nSPS) is 27.9. The third-order valence-corrected chi connectivity index (χ3v) is 6.86. The summed E-state index contributed by atoms with van der Waals surface area (Å²) in [6, 6.07) is 8.11. The molecule has 0 bridgehead atoms. The van der Waals surface area contributed by atoms with Gasteiger partial charge in [0.1, 0.15) is 0 Å². The molecule has 0 unspecified atom stereocenters. The number of aliphatic hydroxyl groups is 1. The SMILES string of the molecule is C[C@@H]1CN(S(=O)(=O)NCc2ccccc2CN2CCC[C@@H]2CO)C[C@@H](C)O1. The van der Waals surface area contributed by atoms with E-state index in [-0.39, 0.29) is 31.4 Å². The first-order valence-electron chi connectivity index (χ1n) is 9.71. The maximum atomic E-state index is 12.7. The summed E-state index contributed by atoms with van der Waals surface area (Å²) in [6.45, 7) is 6.64. The first-order valence-corrected chi connectivity index (χ1v) is 11.1. The first-order chi connectivity index (χ1) is 12.9. The van der Waals surface area contributed by atoms with Crippen LogP contribution >= 0.6 is 0 Å². The molecule has 2 aliphatic heterocycles. The highest BCUT2D eigenvalue weighted by Crippen LogP contribution is 2.22. The van der Waals surface area contributed by atoms with Gasteiger partial charge in [0, 0.05) is 32.2 Å². The van der Waals surface area contributed by atoms with Crippen LogP contribution in [0.25, 0.3) is 0 Å². The Balaban J connectivity index is 1.65. The molecule has 0 aromatic heterocycles. The van der Waals surface area contributed by atoms with E-state index in [0.717, 1.165) is 37.1 Å². The molecule has 1 aromatic carbocycles. The standard InChI is InChI=1S/C19H31N3O4S/c1-15-11-22(12-16(2)26-15)27(24,25)20-10-17-6-3-4-7-18(17)13-21-9-5-8-19(21)14-23/h3-4,6-7,15-16,19-20,23H,5,8-14H2,1-2H3/t15-,16-,19-/m1/s1. The monoisotopic (exact) mass is 397 g/mol. The van der Waals surface area contributed by atoms with E-state index in [1.807, 2.05) is 38.1 Å². The van der Waals surface area contributed by atoms with E-state index in [1.165, 1.54) is 4.31 Å². The van der Waals surface area contributed by atoms with Crippen molar-refractivity contribution in [1.82, 2.24) is 13.9 Å². The van der Waals surface area contributed by atoms with Gasteiger partial charge in [-0.3, -0.25) is 4.90 Å². The summed E-state index contributed by atoms with van der Waals surface area (Å²) in [5.74, 6) is 0. The minimum atomic E-state index is -3.56. The molecule has 3 rings (SSSR count). The van der Waals surface area contributed by atoms with Gasteiger partial charge in [-0.2, -0.15) is 17.4 Å². The van der Waals surface area contributed by atoms with Crippen molar-refractivity contribution in [3.8, 4) is 0 Å². The van der Waals surface area contributed by atoms with Gasteiger partial charge < -0.3 is 9.84 Å². The van der Waals surface area contributed by atoms with Crippen molar-refractivity contribution in [1.29, 1.82) is 0 Å². The van der Waals surface area contributed by atoms with Crippen LogP contribution in [0.3, 0.4) is 0 Å². The van der Waals surface area contributed by atoms with Crippen LogP contribution in [0.4, 0.5) is 0 Å². The van der Waals surface area contributed by atoms with Gasteiger partial charge in [0.15, 0.2) is 0 Å². The van der Waals surface area contributed by atoms with Crippen molar-refractivity contribution in [3.63, 3.8) is 0 Å². The topological polar surface area (TPSA) is 82.1 Å². The molecule has 2 heterocycles. The molecular formula is C19H31N3O4S. The lowest BCUT2D eigenvalue weighted by Gasteiger charge is -2.34. The molecule has 7 nitrogen and oxygen atoms in total. The van der Waals surface area contributed by atoms with Gasteiger partial charge in [0.25, 0.3) is 10.2 Å². The van der Waals surface area contributed by atoms with Crippen LogP contribution in [-0.4, -0.2) is 67.2 Å². The second kappa shape index (κ2) is 8.98. The number of benzene rings is 1. The van der Waals surface area contributed by atoms with Crippen molar-refractivity contribution in [2.24, 2.45) is 0 Å². The van der Waals surface area contributed by atoms with E-state index in [9.17, 15) is 13.5 Å². The number of hydrogen-bond donors (Lipinski definition) is 2. The number of aliphatic hydroxyl groups excluding tert-OH is 1. The molecule has 0 aliphatic carbocycles. The predicted octanol–water partition coefficient (Wildman–Crippen LogP) is 1.09. The number of hydrogen-bond acceptors (Lipinski definition) is 5. The van der Waals surface area contributed by atoms with Crippen molar-refractivity contribution in [3.05, 3.63) is 35.4 Å². The van der Waals surface area contributed by atoms with Crippen molar-refractivity contribution in [2.75, 3.05) is 26.2 Å². The van der Waals surface area contributed by atoms with Gasteiger partial charge in [-0.25, -0.2) is 0 Å².